The van der Waals surface area contributed by atoms with Gasteiger partial charge >= 0.3 is 71.1 Å². The van der Waals surface area contributed by atoms with E-state index < -0.39 is 23.8 Å². The summed E-state index contributed by atoms with van der Waals surface area (Å²) in [5.41, 5.74) is 0. The Hall–Kier alpha value is 0.940. The molecule has 0 spiro atoms. The maximum atomic E-state index is 10.6. The molecule has 1 rings (SSSR count). The van der Waals surface area contributed by atoms with Gasteiger partial charge in [0.05, 0.1) is 11.8 Å². The first-order valence-electron chi connectivity index (χ1n) is 4.08. The van der Waals surface area contributed by atoms with E-state index in [2.05, 4.69) is 0 Å². The van der Waals surface area contributed by atoms with Gasteiger partial charge in [-0.1, -0.05) is 12.8 Å². The first-order chi connectivity index (χ1) is 5.63. The second-order valence-electron chi connectivity index (χ2n) is 3.17. The van der Waals surface area contributed by atoms with E-state index in [4.69, 9.17) is 10.2 Å². The summed E-state index contributed by atoms with van der Waals surface area (Å²) in [5, 5.41) is 17.4. The molecule has 1 saturated carbocycles. The van der Waals surface area contributed by atoms with Gasteiger partial charge in [0.1, 0.15) is 0 Å². The van der Waals surface area contributed by atoms with Gasteiger partial charge < -0.3 is 13.1 Å². The third-order valence-corrected chi connectivity index (χ3v) is 2.40. The summed E-state index contributed by atoms with van der Waals surface area (Å²) >= 11 is 0. The van der Waals surface area contributed by atoms with E-state index in [0.717, 1.165) is 12.8 Å². The van der Waals surface area contributed by atoms with Crippen molar-refractivity contribution in [3.05, 3.63) is 0 Å². The van der Waals surface area contributed by atoms with E-state index in [1.807, 2.05) is 0 Å². The van der Waals surface area contributed by atoms with Gasteiger partial charge in [-0.3, -0.25) is 9.59 Å². The molecule has 0 aromatic heterocycles. The fraction of sp³-hybridized carbons (Fsp3) is 0.750. The molecule has 0 bridgehead atoms. The van der Waals surface area contributed by atoms with Gasteiger partial charge in [0.25, 0.3) is 0 Å². The first-order valence-corrected chi connectivity index (χ1v) is 4.08. The minimum absolute atomic E-state index is 0. The number of carbonyl (C=O) groups is 2. The molecule has 72 valence electrons. The van der Waals surface area contributed by atoms with Gasteiger partial charge in [0.2, 0.25) is 0 Å². The van der Waals surface area contributed by atoms with Crippen LogP contribution in [0.3, 0.4) is 0 Å². The predicted octanol–water partition coefficient (Wildman–Crippen LogP) is -4.80. The van der Waals surface area contributed by atoms with Gasteiger partial charge in [0, 0.05) is 0 Å². The van der Waals surface area contributed by atoms with Crippen LogP contribution in [0.1, 0.15) is 28.5 Å². The largest absolute Gasteiger partial charge is 1.00 e. The molecule has 0 radical (unpaired) electrons. The molecule has 1 aliphatic rings. The van der Waals surface area contributed by atoms with Crippen molar-refractivity contribution in [2.45, 2.75) is 25.7 Å². The van der Waals surface area contributed by atoms with Crippen molar-refractivity contribution < 1.29 is 81.8 Å². The Morgan fingerprint density at radius 1 is 0.929 bits per heavy atom. The Morgan fingerprint density at radius 3 is 1.43 bits per heavy atom. The van der Waals surface area contributed by atoms with Crippen molar-refractivity contribution in [1.82, 2.24) is 0 Å². The molecule has 2 N–H and O–H groups in total. The fourth-order valence-corrected chi connectivity index (χ4v) is 1.72. The molecule has 1 fully saturated rings. The molecule has 0 aliphatic heterocycles. The van der Waals surface area contributed by atoms with Crippen LogP contribution in [0.2, 0.25) is 0 Å². The first kappa shape index (κ1) is 17.3. The summed E-state index contributed by atoms with van der Waals surface area (Å²) in [6.45, 7) is 0. The summed E-state index contributed by atoms with van der Waals surface area (Å²) in [7, 11) is 0. The summed E-state index contributed by atoms with van der Waals surface area (Å²) in [6, 6.07) is 0. The Labute approximate surface area is 130 Å². The Kier molecular flexibility index (Phi) is 10.1. The van der Waals surface area contributed by atoms with E-state index >= 15 is 0 Å². The Morgan fingerprint density at radius 2 is 1.21 bits per heavy atom. The molecule has 0 aromatic carbocycles. The average Bonchev–Trinajstić information content (AvgIpc) is 2.04. The van der Waals surface area contributed by atoms with Crippen molar-refractivity contribution in [3.8, 4) is 0 Å². The second-order valence-corrected chi connectivity index (χ2v) is 3.17. The number of carboxylic acid groups (broad SMARTS) is 2. The van der Waals surface area contributed by atoms with Crippen molar-refractivity contribution in [3.63, 3.8) is 0 Å². The summed E-state index contributed by atoms with van der Waals surface area (Å²) < 4.78 is 0. The third kappa shape index (κ3) is 4.64. The van der Waals surface area contributed by atoms with Crippen molar-refractivity contribution in [2.24, 2.45) is 11.8 Å². The summed E-state index contributed by atoms with van der Waals surface area (Å²) in [4.78, 5) is 21.2. The van der Waals surface area contributed by atoms with Gasteiger partial charge in [-0.15, -0.1) is 0 Å². The van der Waals surface area contributed by atoms with Crippen LogP contribution in [0.5, 0.6) is 0 Å². The zero-order chi connectivity index (χ0) is 9.14. The van der Waals surface area contributed by atoms with Gasteiger partial charge in [-0.05, 0) is 12.8 Å². The molecular weight excluding hydrogens is 206 g/mol. The number of rotatable bonds is 2. The van der Waals surface area contributed by atoms with Gasteiger partial charge in [-0.25, -0.2) is 0 Å². The molecule has 1 aliphatic carbocycles. The molecule has 2 atom stereocenters. The molecule has 6 heteroatoms. The maximum Gasteiger partial charge on any atom is 1.00 e. The topological polar surface area (TPSA) is 74.6 Å². The monoisotopic (exact) mass is 220 g/mol. The number of aliphatic carboxylic acids is 2. The molecule has 0 heterocycles. The van der Waals surface area contributed by atoms with E-state index in [9.17, 15) is 9.59 Å². The molecule has 0 aromatic rings. The van der Waals surface area contributed by atoms with Crippen LogP contribution in [0.15, 0.2) is 0 Å². The number of hydrogen-bond acceptors (Lipinski definition) is 2. The molecule has 2 unspecified atom stereocenters. The van der Waals surface area contributed by atoms with Crippen LogP contribution in [0, 0.1) is 11.8 Å². The summed E-state index contributed by atoms with van der Waals surface area (Å²) in [5.74, 6) is -3.28. The molecular formula is C8H14Na2O4. The van der Waals surface area contributed by atoms with Crippen molar-refractivity contribution >= 4 is 11.9 Å². The SMILES string of the molecule is O=C(O)C1CCCCC1C(=O)O.[H-].[H-].[Na+].[Na+]. The van der Waals surface area contributed by atoms with E-state index in [1.54, 1.807) is 0 Å². The summed E-state index contributed by atoms with van der Waals surface area (Å²) in [6.07, 6.45) is 2.68. The van der Waals surface area contributed by atoms with Gasteiger partial charge in [-0.2, -0.15) is 0 Å². The average molecular weight is 220 g/mol. The van der Waals surface area contributed by atoms with Crippen molar-refractivity contribution in [2.75, 3.05) is 0 Å². The molecule has 0 amide bonds. The zero-order valence-corrected chi connectivity index (χ0v) is 12.7. The Balaban J connectivity index is -0.000000180. The van der Waals surface area contributed by atoms with Crippen LogP contribution in [-0.2, 0) is 9.59 Å². The van der Waals surface area contributed by atoms with Gasteiger partial charge in [0.15, 0.2) is 0 Å². The van der Waals surface area contributed by atoms with Crippen LogP contribution in [0.4, 0.5) is 0 Å². The zero-order valence-electron chi connectivity index (χ0n) is 10.7. The van der Waals surface area contributed by atoms with Crippen molar-refractivity contribution in [1.29, 1.82) is 0 Å². The number of carboxylic acids is 2. The Bertz CT molecular complexity index is 194. The normalized spacial score (nSPS) is 25.4. The quantitative estimate of drug-likeness (QED) is 0.458. The van der Waals surface area contributed by atoms with E-state index in [0.29, 0.717) is 12.8 Å². The second kappa shape index (κ2) is 8.13. The minimum atomic E-state index is -0.970. The molecule has 4 nitrogen and oxygen atoms in total. The minimum Gasteiger partial charge on any atom is -1.00 e. The number of hydrogen-bond donors (Lipinski definition) is 2. The maximum absolute atomic E-state index is 10.6. The smallest absolute Gasteiger partial charge is 1.00 e. The van der Waals surface area contributed by atoms with E-state index in [1.165, 1.54) is 0 Å². The molecule has 0 saturated heterocycles. The fourth-order valence-electron chi connectivity index (χ4n) is 1.72. The third-order valence-electron chi connectivity index (χ3n) is 2.40. The van der Waals surface area contributed by atoms with E-state index in [-0.39, 0.29) is 62.0 Å². The van der Waals surface area contributed by atoms with Crippen LogP contribution < -0.4 is 59.1 Å². The standard InChI is InChI=1S/C8H12O4.2Na.2H/c9-7(10)5-3-1-2-4-6(5)8(11)12;;;;/h5-6H,1-4H2,(H,9,10)(H,11,12);;;;/q;2*+1;2*-1. The van der Waals surface area contributed by atoms with Crippen LogP contribution >= 0.6 is 0 Å². The molecule has 14 heavy (non-hydrogen) atoms. The van der Waals surface area contributed by atoms with Crippen LogP contribution in [-0.4, -0.2) is 22.2 Å². The van der Waals surface area contributed by atoms with Crippen LogP contribution in [0.25, 0.3) is 0 Å². The predicted molar refractivity (Wildman–Crippen MR) is 42.9 cm³/mol.